The Bertz CT molecular complexity index is 309. The molecule has 0 radical (unpaired) electrons. The summed E-state index contributed by atoms with van der Waals surface area (Å²) in [7, 11) is 0. The Morgan fingerprint density at radius 2 is 1.94 bits per heavy atom. The molecule has 1 saturated heterocycles. The first-order valence-corrected chi connectivity index (χ1v) is 6.71. The zero-order chi connectivity index (χ0) is 13.0. The van der Waals surface area contributed by atoms with Crippen LogP contribution in [0.1, 0.15) is 25.7 Å². The zero-order valence-corrected chi connectivity index (χ0v) is 10.7. The monoisotopic (exact) mass is 254 g/mol. The van der Waals surface area contributed by atoms with E-state index in [9.17, 15) is 9.59 Å². The summed E-state index contributed by atoms with van der Waals surface area (Å²) in [6.45, 7) is 2.33. The number of piperazine rings is 1. The van der Waals surface area contributed by atoms with Gasteiger partial charge in [-0.2, -0.15) is 0 Å². The van der Waals surface area contributed by atoms with E-state index in [1.807, 2.05) is 0 Å². The van der Waals surface area contributed by atoms with Gasteiger partial charge in [-0.05, 0) is 12.8 Å². The highest BCUT2D eigenvalue weighted by atomic mass is 16.2. The summed E-state index contributed by atoms with van der Waals surface area (Å²) in [5.41, 5.74) is 5.26. The summed E-state index contributed by atoms with van der Waals surface area (Å²) >= 11 is 0. The maximum Gasteiger partial charge on any atom is 0.241 e. The van der Waals surface area contributed by atoms with E-state index in [0.717, 1.165) is 38.8 Å². The molecule has 1 heterocycles. The number of amides is 2. The van der Waals surface area contributed by atoms with E-state index >= 15 is 0 Å². The third-order valence-corrected chi connectivity index (χ3v) is 3.71. The number of carbonyl (C=O) groups excluding carboxylic acids is 2. The van der Waals surface area contributed by atoms with Crippen molar-refractivity contribution in [2.45, 2.75) is 37.8 Å². The molecule has 4 N–H and O–H groups in total. The molecule has 1 aliphatic carbocycles. The van der Waals surface area contributed by atoms with E-state index in [1.54, 1.807) is 4.90 Å². The van der Waals surface area contributed by atoms with Crippen molar-refractivity contribution in [2.75, 3.05) is 26.2 Å². The minimum atomic E-state index is -0.431. The Labute approximate surface area is 107 Å². The average molecular weight is 254 g/mol. The lowest BCUT2D eigenvalue weighted by atomic mass is 10.1. The number of hydrogen-bond acceptors (Lipinski definition) is 4. The number of primary amides is 1. The third-order valence-electron chi connectivity index (χ3n) is 3.71. The standard InChI is InChI=1S/C12H22N4O2/c13-11(17)8-16(9-3-1-2-4-9)12(18)10-7-14-5-6-15-10/h9-10,14-15H,1-8H2,(H2,13,17). The fourth-order valence-corrected chi connectivity index (χ4v) is 2.80. The van der Waals surface area contributed by atoms with Gasteiger partial charge in [0.2, 0.25) is 11.8 Å². The van der Waals surface area contributed by atoms with Crippen LogP contribution in [0.25, 0.3) is 0 Å². The quantitative estimate of drug-likeness (QED) is 0.588. The lowest BCUT2D eigenvalue weighted by molar-refractivity contribution is -0.139. The number of nitrogens with two attached hydrogens (primary N) is 1. The Morgan fingerprint density at radius 1 is 1.22 bits per heavy atom. The predicted molar refractivity (Wildman–Crippen MR) is 67.8 cm³/mol. The van der Waals surface area contributed by atoms with E-state index in [-0.39, 0.29) is 24.5 Å². The number of nitrogens with zero attached hydrogens (tertiary/aromatic N) is 1. The van der Waals surface area contributed by atoms with Crippen LogP contribution in [0.3, 0.4) is 0 Å². The molecule has 2 amide bonds. The van der Waals surface area contributed by atoms with E-state index in [4.69, 9.17) is 5.73 Å². The minimum absolute atomic E-state index is 0.00731. The second kappa shape index (κ2) is 6.15. The van der Waals surface area contributed by atoms with Crippen LogP contribution in [-0.2, 0) is 9.59 Å². The van der Waals surface area contributed by atoms with Gasteiger partial charge in [-0.3, -0.25) is 9.59 Å². The molecule has 6 nitrogen and oxygen atoms in total. The Hall–Kier alpha value is -1.14. The summed E-state index contributed by atoms with van der Waals surface area (Å²) in [5, 5.41) is 6.38. The Morgan fingerprint density at radius 3 is 2.50 bits per heavy atom. The highest BCUT2D eigenvalue weighted by molar-refractivity contribution is 5.87. The van der Waals surface area contributed by atoms with Gasteiger partial charge < -0.3 is 21.3 Å². The van der Waals surface area contributed by atoms with Crippen molar-refractivity contribution in [2.24, 2.45) is 5.73 Å². The molecule has 1 aliphatic heterocycles. The molecule has 0 aromatic carbocycles. The van der Waals surface area contributed by atoms with Gasteiger partial charge in [-0.25, -0.2) is 0 Å². The van der Waals surface area contributed by atoms with Gasteiger partial charge in [0.1, 0.15) is 0 Å². The fourth-order valence-electron chi connectivity index (χ4n) is 2.80. The molecule has 0 spiro atoms. The van der Waals surface area contributed by atoms with Crippen LogP contribution < -0.4 is 16.4 Å². The minimum Gasteiger partial charge on any atom is -0.368 e. The largest absolute Gasteiger partial charge is 0.368 e. The van der Waals surface area contributed by atoms with E-state index in [2.05, 4.69) is 10.6 Å². The fraction of sp³-hybridized carbons (Fsp3) is 0.833. The van der Waals surface area contributed by atoms with Crippen molar-refractivity contribution >= 4 is 11.8 Å². The van der Waals surface area contributed by atoms with Crippen LogP contribution in [0.2, 0.25) is 0 Å². The first kappa shape index (κ1) is 13.3. The van der Waals surface area contributed by atoms with Gasteiger partial charge in [-0.15, -0.1) is 0 Å². The molecule has 1 saturated carbocycles. The van der Waals surface area contributed by atoms with Crippen LogP contribution in [-0.4, -0.2) is 55.0 Å². The van der Waals surface area contributed by atoms with Crippen molar-refractivity contribution in [1.82, 2.24) is 15.5 Å². The molecule has 2 aliphatic rings. The summed E-state index contributed by atoms with van der Waals surface area (Å²) in [6, 6.07) is -0.0348. The number of nitrogens with one attached hydrogen (secondary N) is 2. The van der Waals surface area contributed by atoms with Gasteiger partial charge in [0.25, 0.3) is 0 Å². The SMILES string of the molecule is NC(=O)CN(C(=O)C1CNCCN1)C1CCCC1. The molecule has 102 valence electrons. The second-order valence-corrected chi connectivity index (χ2v) is 5.08. The first-order valence-electron chi connectivity index (χ1n) is 6.71. The zero-order valence-electron chi connectivity index (χ0n) is 10.7. The molecule has 0 bridgehead atoms. The van der Waals surface area contributed by atoms with Crippen molar-refractivity contribution < 1.29 is 9.59 Å². The molecule has 6 heteroatoms. The highest BCUT2D eigenvalue weighted by Gasteiger charge is 2.32. The van der Waals surface area contributed by atoms with Crippen molar-refractivity contribution in [3.8, 4) is 0 Å². The Kier molecular flexibility index (Phi) is 4.54. The smallest absolute Gasteiger partial charge is 0.241 e. The molecule has 0 aromatic rings. The molecular weight excluding hydrogens is 232 g/mol. The van der Waals surface area contributed by atoms with E-state index in [0.29, 0.717) is 6.54 Å². The van der Waals surface area contributed by atoms with Crippen LogP contribution in [0, 0.1) is 0 Å². The van der Waals surface area contributed by atoms with Gasteiger partial charge in [0, 0.05) is 25.7 Å². The van der Waals surface area contributed by atoms with Gasteiger partial charge in [-0.1, -0.05) is 12.8 Å². The predicted octanol–water partition coefficient (Wildman–Crippen LogP) is -1.20. The summed E-state index contributed by atoms with van der Waals surface area (Å²) < 4.78 is 0. The van der Waals surface area contributed by atoms with Gasteiger partial charge in [0.15, 0.2) is 0 Å². The lowest BCUT2D eigenvalue weighted by Gasteiger charge is -2.33. The average Bonchev–Trinajstić information content (AvgIpc) is 2.89. The number of carbonyl (C=O) groups is 2. The molecular formula is C12H22N4O2. The van der Waals surface area contributed by atoms with E-state index in [1.165, 1.54) is 0 Å². The van der Waals surface area contributed by atoms with Crippen LogP contribution >= 0.6 is 0 Å². The van der Waals surface area contributed by atoms with Crippen molar-refractivity contribution in [3.05, 3.63) is 0 Å². The number of hydrogen-bond donors (Lipinski definition) is 3. The maximum absolute atomic E-state index is 12.4. The number of rotatable bonds is 4. The second-order valence-electron chi connectivity index (χ2n) is 5.08. The highest BCUT2D eigenvalue weighted by Crippen LogP contribution is 2.23. The summed E-state index contributed by atoms with van der Waals surface area (Å²) in [5.74, 6) is -0.424. The molecule has 2 rings (SSSR count). The van der Waals surface area contributed by atoms with Crippen molar-refractivity contribution in [3.63, 3.8) is 0 Å². The van der Waals surface area contributed by atoms with E-state index < -0.39 is 5.91 Å². The third kappa shape index (κ3) is 3.20. The Balaban J connectivity index is 2.01. The van der Waals surface area contributed by atoms with Crippen LogP contribution in [0.5, 0.6) is 0 Å². The first-order chi connectivity index (χ1) is 8.68. The van der Waals surface area contributed by atoms with Gasteiger partial charge >= 0.3 is 0 Å². The molecule has 0 aromatic heterocycles. The van der Waals surface area contributed by atoms with Crippen molar-refractivity contribution in [1.29, 1.82) is 0 Å². The lowest BCUT2D eigenvalue weighted by Crippen LogP contribution is -2.59. The summed E-state index contributed by atoms with van der Waals surface area (Å²) in [6.07, 6.45) is 4.23. The molecule has 1 unspecified atom stereocenters. The van der Waals surface area contributed by atoms with Crippen LogP contribution in [0.15, 0.2) is 0 Å². The topological polar surface area (TPSA) is 87.5 Å². The van der Waals surface area contributed by atoms with Crippen LogP contribution in [0.4, 0.5) is 0 Å². The summed E-state index contributed by atoms with van der Waals surface area (Å²) in [4.78, 5) is 25.3. The molecule has 18 heavy (non-hydrogen) atoms. The normalized spacial score (nSPS) is 25.0. The maximum atomic E-state index is 12.4. The molecule has 1 atom stereocenters. The molecule has 2 fully saturated rings. The van der Waals surface area contributed by atoms with Gasteiger partial charge in [0.05, 0.1) is 12.6 Å².